The number of hydrogen-bond donors (Lipinski definition) is 2. The van der Waals surface area contributed by atoms with Crippen LogP contribution in [-0.4, -0.2) is 36.0 Å². The Bertz CT molecular complexity index is 655. The number of carbonyl (C=O) groups excluding carboxylic acids is 1. The van der Waals surface area contributed by atoms with Crippen LogP contribution in [0.5, 0.6) is 5.75 Å². The second-order valence-corrected chi connectivity index (χ2v) is 5.59. The number of methoxy groups -OCH3 is 1. The normalized spacial score (nSPS) is 14.7. The van der Waals surface area contributed by atoms with Crippen LogP contribution in [0.2, 0.25) is 0 Å². The van der Waals surface area contributed by atoms with Gasteiger partial charge in [-0.25, -0.2) is 0 Å². The molecule has 6 heteroatoms. The number of nitrogens with two attached hydrogens (primary N) is 1. The van der Waals surface area contributed by atoms with Crippen LogP contribution in [0.25, 0.3) is 0 Å². The molecule has 1 aromatic carbocycles. The van der Waals surface area contributed by atoms with E-state index in [9.17, 15) is 4.79 Å². The van der Waals surface area contributed by atoms with Crippen molar-refractivity contribution in [3.05, 3.63) is 48.2 Å². The van der Waals surface area contributed by atoms with Gasteiger partial charge in [0.2, 0.25) is 5.91 Å². The number of nitrogens with zero attached hydrogens (tertiary/aromatic N) is 1. The van der Waals surface area contributed by atoms with Crippen LogP contribution in [0.4, 0.5) is 5.69 Å². The van der Waals surface area contributed by atoms with E-state index in [0.29, 0.717) is 29.4 Å². The molecule has 5 nitrogen and oxygen atoms in total. The van der Waals surface area contributed by atoms with E-state index in [-0.39, 0.29) is 5.91 Å². The van der Waals surface area contributed by atoms with Crippen molar-refractivity contribution in [2.75, 3.05) is 25.9 Å². The van der Waals surface area contributed by atoms with Crippen LogP contribution in [0.15, 0.2) is 42.6 Å². The molecule has 0 aliphatic carbocycles. The Morgan fingerprint density at radius 2 is 2.35 bits per heavy atom. The molecule has 1 aliphatic rings. The predicted molar refractivity (Wildman–Crippen MR) is 96.3 cm³/mol. The first-order valence-corrected chi connectivity index (χ1v) is 7.81. The first-order chi connectivity index (χ1) is 11.1. The van der Waals surface area contributed by atoms with E-state index in [1.165, 1.54) is 0 Å². The Labute approximate surface area is 141 Å². The molecule has 0 atom stereocenters. The maximum atomic E-state index is 11.9. The van der Waals surface area contributed by atoms with Crippen molar-refractivity contribution in [1.82, 2.24) is 10.2 Å². The summed E-state index contributed by atoms with van der Waals surface area (Å²) in [6.45, 7) is 4.91. The van der Waals surface area contributed by atoms with Gasteiger partial charge in [0.25, 0.3) is 0 Å². The zero-order valence-corrected chi connectivity index (χ0v) is 14.0. The highest BCUT2D eigenvalue weighted by Crippen LogP contribution is 2.22. The first kappa shape index (κ1) is 17.0. The topological polar surface area (TPSA) is 67.6 Å². The molecule has 1 fully saturated rings. The summed E-state index contributed by atoms with van der Waals surface area (Å²) in [5, 5.41) is 3.18. The number of nitrogen functional groups attached to an aromatic ring is 1. The smallest absolute Gasteiger partial charge is 0.226 e. The van der Waals surface area contributed by atoms with Crippen molar-refractivity contribution in [3.8, 4) is 5.75 Å². The standard InChI is InChI=1S/C17H21N3O2S/c1-3-5-13(20-9-4-6-16(20)21)11-19-17(23)12-7-8-14(18)15(10-12)22-2/h3,5,7-8,10H,1,4,6,9,11,18H2,2H3,(H,19,23)/b13-5+. The van der Waals surface area contributed by atoms with Crippen molar-refractivity contribution in [2.24, 2.45) is 0 Å². The third-order valence-corrected chi connectivity index (χ3v) is 4.04. The Balaban J connectivity index is 2.06. The molecule has 1 aromatic rings. The lowest BCUT2D eigenvalue weighted by molar-refractivity contribution is -0.126. The molecule has 2 rings (SSSR count). The number of likely N-dealkylation sites (tertiary alicyclic amines) is 1. The highest BCUT2D eigenvalue weighted by molar-refractivity contribution is 7.80. The van der Waals surface area contributed by atoms with Crippen LogP contribution >= 0.6 is 12.2 Å². The number of anilines is 1. The molecule has 1 heterocycles. The maximum absolute atomic E-state index is 11.9. The number of allylic oxidation sites excluding steroid dienone is 2. The zero-order chi connectivity index (χ0) is 16.8. The van der Waals surface area contributed by atoms with Gasteiger partial charge in [-0.05, 0) is 30.7 Å². The van der Waals surface area contributed by atoms with E-state index in [0.717, 1.165) is 24.2 Å². The number of amides is 1. The molecule has 0 aromatic heterocycles. The Morgan fingerprint density at radius 1 is 1.57 bits per heavy atom. The quantitative estimate of drug-likeness (QED) is 0.475. The fourth-order valence-electron chi connectivity index (χ4n) is 2.46. The summed E-state index contributed by atoms with van der Waals surface area (Å²) in [6.07, 6.45) is 4.99. The van der Waals surface area contributed by atoms with Gasteiger partial charge in [-0.2, -0.15) is 0 Å². The second-order valence-electron chi connectivity index (χ2n) is 5.18. The van der Waals surface area contributed by atoms with Gasteiger partial charge in [0, 0.05) is 24.2 Å². The van der Waals surface area contributed by atoms with Crippen molar-refractivity contribution < 1.29 is 9.53 Å². The van der Waals surface area contributed by atoms with Crippen molar-refractivity contribution in [3.63, 3.8) is 0 Å². The molecule has 0 radical (unpaired) electrons. The number of carbonyl (C=O) groups is 1. The van der Waals surface area contributed by atoms with E-state index in [2.05, 4.69) is 11.9 Å². The molecule has 23 heavy (non-hydrogen) atoms. The summed E-state index contributed by atoms with van der Waals surface area (Å²) >= 11 is 5.41. The van der Waals surface area contributed by atoms with Gasteiger partial charge >= 0.3 is 0 Å². The molecule has 0 saturated carbocycles. The minimum atomic E-state index is 0.139. The van der Waals surface area contributed by atoms with Gasteiger partial charge in [0.15, 0.2) is 0 Å². The first-order valence-electron chi connectivity index (χ1n) is 7.40. The Hall–Kier alpha value is -2.34. The molecule has 3 N–H and O–H groups in total. The minimum Gasteiger partial charge on any atom is -0.495 e. The molecule has 122 valence electrons. The molecule has 0 bridgehead atoms. The summed E-state index contributed by atoms with van der Waals surface area (Å²) in [7, 11) is 1.57. The summed E-state index contributed by atoms with van der Waals surface area (Å²) in [5.74, 6) is 0.725. The number of nitrogens with one attached hydrogen (secondary N) is 1. The van der Waals surface area contributed by atoms with Gasteiger partial charge in [-0.3, -0.25) is 4.79 Å². The minimum absolute atomic E-state index is 0.139. The van der Waals surface area contributed by atoms with Gasteiger partial charge in [0.05, 0.1) is 19.3 Å². The fourth-order valence-corrected chi connectivity index (χ4v) is 2.66. The van der Waals surface area contributed by atoms with E-state index < -0.39 is 0 Å². The fraction of sp³-hybridized carbons (Fsp3) is 0.294. The average molecular weight is 331 g/mol. The van der Waals surface area contributed by atoms with Crippen molar-refractivity contribution >= 4 is 28.8 Å². The van der Waals surface area contributed by atoms with E-state index in [1.54, 1.807) is 30.2 Å². The van der Waals surface area contributed by atoms with E-state index in [1.807, 2.05) is 12.1 Å². The Morgan fingerprint density at radius 3 is 2.96 bits per heavy atom. The van der Waals surface area contributed by atoms with Crippen LogP contribution in [0, 0.1) is 0 Å². The van der Waals surface area contributed by atoms with Crippen LogP contribution in [0.3, 0.4) is 0 Å². The lowest BCUT2D eigenvalue weighted by Gasteiger charge is -2.21. The molecule has 1 aliphatic heterocycles. The predicted octanol–water partition coefficient (Wildman–Crippen LogP) is 2.23. The van der Waals surface area contributed by atoms with Crippen molar-refractivity contribution in [2.45, 2.75) is 12.8 Å². The molecular formula is C17H21N3O2S. The van der Waals surface area contributed by atoms with Gasteiger partial charge in [0.1, 0.15) is 10.7 Å². The maximum Gasteiger partial charge on any atom is 0.226 e. The lowest BCUT2D eigenvalue weighted by atomic mass is 10.2. The molecule has 0 spiro atoms. The van der Waals surface area contributed by atoms with Gasteiger partial charge in [-0.1, -0.05) is 24.9 Å². The largest absolute Gasteiger partial charge is 0.495 e. The van der Waals surface area contributed by atoms with Crippen LogP contribution in [0.1, 0.15) is 18.4 Å². The highest BCUT2D eigenvalue weighted by Gasteiger charge is 2.23. The number of hydrogen-bond acceptors (Lipinski definition) is 4. The molecule has 0 unspecified atom stereocenters. The van der Waals surface area contributed by atoms with Crippen LogP contribution in [-0.2, 0) is 4.79 Å². The van der Waals surface area contributed by atoms with E-state index in [4.69, 9.17) is 22.7 Å². The molecule has 1 amide bonds. The summed E-state index contributed by atoms with van der Waals surface area (Å²) in [6, 6.07) is 5.39. The number of ether oxygens (including phenoxy) is 1. The third-order valence-electron chi connectivity index (χ3n) is 3.66. The monoisotopic (exact) mass is 331 g/mol. The second kappa shape index (κ2) is 7.78. The highest BCUT2D eigenvalue weighted by atomic mass is 32.1. The Kier molecular flexibility index (Phi) is 5.76. The van der Waals surface area contributed by atoms with Gasteiger partial charge < -0.3 is 20.7 Å². The summed E-state index contributed by atoms with van der Waals surface area (Å²) < 4.78 is 5.21. The van der Waals surface area contributed by atoms with Crippen molar-refractivity contribution in [1.29, 1.82) is 0 Å². The number of benzene rings is 1. The zero-order valence-electron chi connectivity index (χ0n) is 13.2. The van der Waals surface area contributed by atoms with Gasteiger partial charge in [-0.15, -0.1) is 0 Å². The lowest BCUT2D eigenvalue weighted by Crippen LogP contribution is -2.33. The summed E-state index contributed by atoms with van der Waals surface area (Å²) in [4.78, 5) is 14.2. The number of thiocarbonyl (C=S) groups is 1. The number of rotatable bonds is 6. The molecule has 1 saturated heterocycles. The summed E-state index contributed by atoms with van der Waals surface area (Å²) in [5.41, 5.74) is 8.05. The average Bonchev–Trinajstić information content (AvgIpc) is 2.97. The third kappa shape index (κ3) is 4.10. The van der Waals surface area contributed by atoms with Crippen LogP contribution < -0.4 is 15.8 Å². The molecular weight excluding hydrogens is 310 g/mol. The van der Waals surface area contributed by atoms with E-state index >= 15 is 0 Å². The SMILES string of the molecule is C=C/C=C(\CNC(=S)c1ccc(N)c(OC)c1)N1CCCC1=O.